The molecule has 0 aromatic rings. The third kappa shape index (κ3) is 5.77. The van der Waals surface area contributed by atoms with Crippen LogP contribution in [0.4, 0.5) is 0 Å². The molecule has 2 fully saturated rings. The van der Waals surface area contributed by atoms with Crippen molar-refractivity contribution in [3.63, 3.8) is 0 Å². The van der Waals surface area contributed by atoms with Gasteiger partial charge in [0.25, 0.3) is 0 Å². The van der Waals surface area contributed by atoms with E-state index < -0.39 is 5.97 Å². The van der Waals surface area contributed by atoms with Crippen molar-refractivity contribution in [3.05, 3.63) is 0 Å². The van der Waals surface area contributed by atoms with Gasteiger partial charge in [-0.3, -0.25) is 9.69 Å². The van der Waals surface area contributed by atoms with Gasteiger partial charge in [0, 0.05) is 32.8 Å². The fraction of sp³-hybridized carbons (Fsp3) is 0.933. The van der Waals surface area contributed by atoms with Gasteiger partial charge in [-0.25, -0.2) is 0 Å². The lowest BCUT2D eigenvalue weighted by Gasteiger charge is -2.30. The summed E-state index contributed by atoms with van der Waals surface area (Å²) in [4.78, 5) is 15.6. The predicted octanol–water partition coefficient (Wildman–Crippen LogP) is 1.43. The molecule has 1 atom stereocenters. The summed E-state index contributed by atoms with van der Waals surface area (Å²) in [6.07, 6.45) is 6.77. The number of rotatable bonds is 8. The minimum absolute atomic E-state index is 0.229. The number of hydrogen-bond donors (Lipinski definition) is 1. The Morgan fingerprint density at radius 3 is 2.65 bits per heavy atom. The third-order valence-electron chi connectivity index (χ3n) is 4.31. The van der Waals surface area contributed by atoms with Gasteiger partial charge in [0.05, 0.1) is 12.5 Å². The van der Waals surface area contributed by atoms with E-state index in [2.05, 4.69) is 9.80 Å². The molecule has 5 nitrogen and oxygen atoms in total. The Labute approximate surface area is 121 Å². The second-order valence-corrected chi connectivity index (χ2v) is 5.98. The minimum Gasteiger partial charge on any atom is -0.481 e. The smallest absolute Gasteiger partial charge is 0.304 e. The van der Waals surface area contributed by atoms with Crippen molar-refractivity contribution in [3.8, 4) is 0 Å². The van der Waals surface area contributed by atoms with Crippen molar-refractivity contribution >= 4 is 5.97 Å². The highest BCUT2D eigenvalue weighted by molar-refractivity contribution is 5.66. The number of carboxylic acids is 1. The lowest BCUT2D eigenvalue weighted by molar-refractivity contribution is -0.137. The molecular weight excluding hydrogens is 256 g/mol. The fourth-order valence-electron chi connectivity index (χ4n) is 3.09. The van der Waals surface area contributed by atoms with Crippen LogP contribution in [0.1, 0.15) is 38.5 Å². The normalized spacial score (nSPS) is 24.4. The summed E-state index contributed by atoms with van der Waals surface area (Å²) in [6.45, 7) is 6.83. The first kappa shape index (κ1) is 15.7. The molecule has 0 amide bonds. The molecule has 1 N–H and O–H groups in total. The lowest BCUT2D eigenvalue weighted by Crippen LogP contribution is -2.41. The van der Waals surface area contributed by atoms with Crippen LogP contribution in [-0.4, -0.2) is 72.9 Å². The third-order valence-corrected chi connectivity index (χ3v) is 4.31. The van der Waals surface area contributed by atoms with Crippen LogP contribution in [0.15, 0.2) is 0 Å². The van der Waals surface area contributed by atoms with Crippen LogP contribution in [0.3, 0.4) is 0 Å². The van der Waals surface area contributed by atoms with Crippen LogP contribution in [0.5, 0.6) is 0 Å². The van der Waals surface area contributed by atoms with Crippen LogP contribution in [0.25, 0.3) is 0 Å². The average Bonchev–Trinajstić information content (AvgIpc) is 2.96. The molecule has 5 heteroatoms. The molecule has 0 aromatic heterocycles. The van der Waals surface area contributed by atoms with E-state index in [0.29, 0.717) is 12.6 Å². The summed E-state index contributed by atoms with van der Waals surface area (Å²) in [7, 11) is 0. The van der Waals surface area contributed by atoms with Crippen LogP contribution < -0.4 is 0 Å². The quantitative estimate of drug-likeness (QED) is 0.731. The van der Waals surface area contributed by atoms with Crippen molar-refractivity contribution in [2.75, 3.05) is 45.9 Å². The van der Waals surface area contributed by atoms with Crippen molar-refractivity contribution in [2.45, 2.75) is 44.6 Å². The van der Waals surface area contributed by atoms with Crippen LogP contribution in [0, 0.1) is 0 Å². The summed E-state index contributed by atoms with van der Waals surface area (Å²) < 4.78 is 5.68. The van der Waals surface area contributed by atoms with Gasteiger partial charge in [-0.2, -0.15) is 0 Å². The van der Waals surface area contributed by atoms with Gasteiger partial charge < -0.3 is 14.7 Å². The van der Waals surface area contributed by atoms with Crippen LogP contribution in [-0.2, 0) is 9.53 Å². The Kier molecular flexibility index (Phi) is 6.76. The van der Waals surface area contributed by atoms with E-state index in [9.17, 15) is 4.79 Å². The number of hydrogen-bond acceptors (Lipinski definition) is 4. The maximum atomic E-state index is 10.8. The zero-order valence-electron chi connectivity index (χ0n) is 12.4. The number of carboxylic acid groups (broad SMARTS) is 1. The second-order valence-electron chi connectivity index (χ2n) is 5.98. The predicted molar refractivity (Wildman–Crippen MR) is 78.0 cm³/mol. The monoisotopic (exact) mass is 284 g/mol. The van der Waals surface area contributed by atoms with Crippen molar-refractivity contribution in [1.29, 1.82) is 0 Å². The second kappa shape index (κ2) is 8.60. The molecule has 0 saturated carbocycles. The van der Waals surface area contributed by atoms with E-state index in [0.717, 1.165) is 39.1 Å². The molecule has 0 aliphatic carbocycles. The lowest BCUT2D eigenvalue weighted by atomic mass is 10.1. The summed E-state index contributed by atoms with van der Waals surface area (Å²) in [5.41, 5.74) is 0. The minimum atomic E-state index is -0.708. The first-order valence-electron chi connectivity index (χ1n) is 8.02. The molecule has 0 aromatic carbocycles. The highest BCUT2D eigenvalue weighted by atomic mass is 16.5. The van der Waals surface area contributed by atoms with Gasteiger partial charge in [-0.05, 0) is 38.8 Å². The Balaban J connectivity index is 1.72. The molecule has 2 aliphatic heterocycles. The Morgan fingerprint density at radius 2 is 2.00 bits per heavy atom. The molecule has 116 valence electrons. The molecule has 2 rings (SSSR count). The largest absolute Gasteiger partial charge is 0.481 e. The van der Waals surface area contributed by atoms with E-state index in [1.165, 1.54) is 32.4 Å². The van der Waals surface area contributed by atoms with E-state index in [-0.39, 0.29) is 6.42 Å². The molecule has 20 heavy (non-hydrogen) atoms. The first-order valence-corrected chi connectivity index (χ1v) is 8.02. The number of likely N-dealkylation sites (tertiary alicyclic amines) is 1. The zero-order valence-corrected chi connectivity index (χ0v) is 12.4. The van der Waals surface area contributed by atoms with Gasteiger partial charge in [-0.1, -0.05) is 6.42 Å². The average molecular weight is 284 g/mol. The summed E-state index contributed by atoms with van der Waals surface area (Å²) in [6, 6.07) is 0. The van der Waals surface area contributed by atoms with Crippen LogP contribution >= 0.6 is 0 Å². The van der Waals surface area contributed by atoms with E-state index in [1.807, 2.05) is 0 Å². The number of ether oxygens (including phenoxy) is 1. The molecule has 2 aliphatic rings. The van der Waals surface area contributed by atoms with Crippen molar-refractivity contribution in [1.82, 2.24) is 9.80 Å². The number of aliphatic carboxylic acids is 1. The van der Waals surface area contributed by atoms with Crippen molar-refractivity contribution < 1.29 is 14.6 Å². The summed E-state index contributed by atoms with van der Waals surface area (Å²) >= 11 is 0. The molecular formula is C15H28N2O3. The fourth-order valence-corrected chi connectivity index (χ4v) is 3.09. The van der Waals surface area contributed by atoms with E-state index >= 15 is 0 Å². The van der Waals surface area contributed by atoms with Gasteiger partial charge >= 0.3 is 5.97 Å². The van der Waals surface area contributed by atoms with E-state index in [4.69, 9.17) is 9.84 Å². The first-order chi connectivity index (χ1) is 9.74. The summed E-state index contributed by atoms with van der Waals surface area (Å²) in [5, 5.41) is 8.87. The van der Waals surface area contributed by atoms with Gasteiger partial charge in [0.1, 0.15) is 0 Å². The number of carbonyl (C=O) groups is 1. The highest BCUT2D eigenvalue weighted by Crippen LogP contribution is 2.14. The molecule has 2 saturated heterocycles. The SMILES string of the molecule is O=C(O)CCN(CCN1CCCCC1)CC1CCCO1. The molecule has 2 heterocycles. The maximum Gasteiger partial charge on any atom is 0.304 e. The standard InChI is InChI=1S/C15H28N2O3/c18-15(19)6-9-17(13-14-5-4-12-20-14)11-10-16-7-2-1-3-8-16/h14H,1-13H2,(H,18,19). The van der Waals surface area contributed by atoms with Gasteiger partial charge in [0.15, 0.2) is 0 Å². The maximum absolute atomic E-state index is 10.8. The Hall–Kier alpha value is -0.650. The topological polar surface area (TPSA) is 53.0 Å². The summed E-state index contributed by atoms with van der Waals surface area (Å²) in [5.74, 6) is -0.708. The Bertz CT molecular complexity index is 287. The molecule has 0 bridgehead atoms. The highest BCUT2D eigenvalue weighted by Gasteiger charge is 2.20. The number of nitrogens with zero attached hydrogens (tertiary/aromatic N) is 2. The number of piperidine rings is 1. The van der Waals surface area contributed by atoms with Gasteiger partial charge in [0.2, 0.25) is 0 Å². The van der Waals surface area contributed by atoms with Crippen LogP contribution in [0.2, 0.25) is 0 Å². The molecule has 0 spiro atoms. The van der Waals surface area contributed by atoms with Crippen molar-refractivity contribution in [2.24, 2.45) is 0 Å². The molecule has 0 radical (unpaired) electrons. The van der Waals surface area contributed by atoms with E-state index in [1.54, 1.807) is 0 Å². The molecule has 1 unspecified atom stereocenters. The Morgan fingerprint density at radius 1 is 1.20 bits per heavy atom. The zero-order chi connectivity index (χ0) is 14.2. The van der Waals surface area contributed by atoms with Gasteiger partial charge in [-0.15, -0.1) is 0 Å².